The van der Waals surface area contributed by atoms with Gasteiger partial charge in [0.2, 0.25) is 10.0 Å². The van der Waals surface area contributed by atoms with E-state index in [1.807, 2.05) is 0 Å². The molecule has 9 nitrogen and oxygen atoms in total. The van der Waals surface area contributed by atoms with Crippen LogP contribution in [-0.4, -0.2) is 38.6 Å². The Balaban J connectivity index is 1.52. The molecule has 2 heterocycles. The second-order valence-electron chi connectivity index (χ2n) is 7.30. The zero-order chi connectivity index (χ0) is 23.4. The maximum atomic E-state index is 13.1. The molecule has 1 atom stereocenters. The van der Waals surface area contributed by atoms with Crippen molar-refractivity contribution in [2.75, 3.05) is 21.9 Å². The van der Waals surface area contributed by atoms with Crippen LogP contribution in [0, 0.1) is 0 Å². The Bertz CT molecular complexity index is 1260. The lowest BCUT2D eigenvalue weighted by atomic mass is 10.1. The van der Waals surface area contributed by atoms with Gasteiger partial charge in [0.25, 0.3) is 11.8 Å². The third-order valence-electron chi connectivity index (χ3n) is 5.16. The van der Waals surface area contributed by atoms with Crippen molar-refractivity contribution < 1.29 is 27.2 Å². The van der Waals surface area contributed by atoms with Gasteiger partial charge in [-0.2, -0.15) is 0 Å². The van der Waals surface area contributed by atoms with Gasteiger partial charge in [0.05, 0.1) is 42.0 Å². The largest absolute Gasteiger partial charge is 0.476 e. The highest BCUT2D eigenvalue weighted by molar-refractivity contribution is 7.92. The summed E-state index contributed by atoms with van der Waals surface area (Å²) in [5.74, 6) is -0.185. The maximum absolute atomic E-state index is 13.1. The lowest BCUT2D eigenvalue weighted by molar-refractivity contribution is -0.122. The SMILES string of the molecule is CCS(=O)(=O)N1C[C@@H](C(=O)Nc2ccccc2C(=O)NCc2ccco2)Oc2ccccc21. The zero-order valence-electron chi connectivity index (χ0n) is 17.9. The van der Waals surface area contributed by atoms with Crippen molar-refractivity contribution in [3.05, 3.63) is 78.3 Å². The monoisotopic (exact) mass is 469 g/mol. The van der Waals surface area contributed by atoms with Gasteiger partial charge >= 0.3 is 0 Å². The highest BCUT2D eigenvalue weighted by Crippen LogP contribution is 2.35. The van der Waals surface area contributed by atoms with Crippen LogP contribution in [0.15, 0.2) is 71.3 Å². The molecule has 0 spiro atoms. The van der Waals surface area contributed by atoms with Gasteiger partial charge in [-0.3, -0.25) is 13.9 Å². The topological polar surface area (TPSA) is 118 Å². The number of ether oxygens (including phenoxy) is 1. The van der Waals surface area contributed by atoms with Gasteiger partial charge < -0.3 is 19.8 Å². The molecule has 0 unspecified atom stereocenters. The van der Waals surface area contributed by atoms with Crippen molar-refractivity contribution >= 4 is 33.2 Å². The average molecular weight is 470 g/mol. The number of para-hydroxylation sites is 3. The number of furan rings is 1. The Morgan fingerprint density at radius 2 is 1.82 bits per heavy atom. The summed E-state index contributed by atoms with van der Waals surface area (Å²) in [5, 5.41) is 5.44. The summed E-state index contributed by atoms with van der Waals surface area (Å²) in [5.41, 5.74) is 0.930. The summed E-state index contributed by atoms with van der Waals surface area (Å²) in [6.45, 7) is 1.56. The highest BCUT2D eigenvalue weighted by Gasteiger charge is 2.36. The lowest BCUT2D eigenvalue weighted by Gasteiger charge is -2.34. The van der Waals surface area contributed by atoms with Crippen molar-refractivity contribution in [1.82, 2.24) is 5.32 Å². The molecule has 33 heavy (non-hydrogen) atoms. The molecule has 0 fully saturated rings. The zero-order valence-corrected chi connectivity index (χ0v) is 18.7. The lowest BCUT2D eigenvalue weighted by Crippen LogP contribution is -2.49. The molecule has 0 bridgehead atoms. The Labute approximate surface area is 191 Å². The molecule has 1 aliphatic rings. The van der Waals surface area contributed by atoms with Crippen molar-refractivity contribution in [2.24, 2.45) is 0 Å². The van der Waals surface area contributed by atoms with E-state index in [-0.39, 0.29) is 30.1 Å². The highest BCUT2D eigenvalue weighted by atomic mass is 32.2. The standard InChI is InChI=1S/C23H23N3O6S/c1-2-33(29,30)26-15-21(32-20-12-6-5-11-19(20)26)23(28)25-18-10-4-3-9-17(18)22(27)24-14-16-8-7-13-31-16/h3-13,21H,2,14-15H2,1H3,(H,24,27)(H,25,28)/t21-/m0/s1. The van der Waals surface area contributed by atoms with E-state index in [1.54, 1.807) is 67.6 Å². The van der Waals surface area contributed by atoms with Crippen LogP contribution in [0.5, 0.6) is 5.75 Å². The van der Waals surface area contributed by atoms with E-state index in [0.29, 0.717) is 17.2 Å². The van der Waals surface area contributed by atoms with Gasteiger partial charge in [0.15, 0.2) is 6.10 Å². The molecule has 2 aromatic carbocycles. The van der Waals surface area contributed by atoms with Crippen LogP contribution in [0.3, 0.4) is 0 Å². The number of nitrogens with zero attached hydrogens (tertiary/aromatic N) is 1. The van der Waals surface area contributed by atoms with E-state index < -0.39 is 27.9 Å². The summed E-state index contributed by atoms with van der Waals surface area (Å²) in [6.07, 6.45) is 0.417. The molecule has 2 amide bonds. The molecule has 0 radical (unpaired) electrons. The number of hydrogen-bond donors (Lipinski definition) is 2. The van der Waals surface area contributed by atoms with Gasteiger partial charge in [-0.15, -0.1) is 0 Å². The van der Waals surface area contributed by atoms with Gasteiger partial charge in [-0.05, 0) is 43.3 Å². The molecule has 1 aliphatic heterocycles. The smallest absolute Gasteiger partial charge is 0.267 e. The van der Waals surface area contributed by atoms with Gasteiger partial charge in [-0.25, -0.2) is 8.42 Å². The number of anilines is 2. The Morgan fingerprint density at radius 1 is 1.06 bits per heavy atom. The molecular weight excluding hydrogens is 446 g/mol. The molecule has 0 saturated heterocycles. The van der Waals surface area contributed by atoms with Gasteiger partial charge in [0.1, 0.15) is 11.5 Å². The fourth-order valence-corrected chi connectivity index (χ4v) is 4.56. The molecule has 0 saturated carbocycles. The molecule has 1 aromatic heterocycles. The number of fused-ring (bicyclic) bond motifs is 1. The predicted octanol–water partition coefficient (Wildman–Crippen LogP) is 2.77. The minimum absolute atomic E-state index is 0.117. The van der Waals surface area contributed by atoms with Crippen molar-refractivity contribution in [3.63, 3.8) is 0 Å². The minimum Gasteiger partial charge on any atom is -0.476 e. The number of sulfonamides is 1. The Morgan fingerprint density at radius 3 is 2.58 bits per heavy atom. The number of amides is 2. The third-order valence-corrected chi connectivity index (χ3v) is 6.91. The van der Waals surface area contributed by atoms with Crippen LogP contribution in [0.2, 0.25) is 0 Å². The molecule has 0 aliphatic carbocycles. The van der Waals surface area contributed by atoms with E-state index in [0.717, 1.165) is 0 Å². The predicted molar refractivity (Wildman–Crippen MR) is 123 cm³/mol. The van der Waals surface area contributed by atoms with Crippen LogP contribution < -0.4 is 19.7 Å². The Hall–Kier alpha value is -3.79. The average Bonchev–Trinajstić information content (AvgIpc) is 3.36. The normalized spacial score (nSPS) is 15.3. The first-order chi connectivity index (χ1) is 15.9. The van der Waals surface area contributed by atoms with E-state index in [2.05, 4.69) is 10.6 Å². The number of nitrogens with one attached hydrogen (secondary N) is 2. The van der Waals surface area contributed by atoms with Gasteiger partial charge in [0, 0.05) is 0 Å². The van der Waals surface area contributed by atoms with Gasteiger partial charge in [-0.1, -0.05) is 24.3 Å². The first-order valence-corrected chi connectivity index (χ1v) is 12.0. The van der Waals surface area contributed by atoms with E-state index in [4.69, 9.17) is 9.15 Å². The number of carbonyl (C=O) groups excluding carboxylic acids is 2. The molecule has 10 heteroatoms. The van der Waals surface area contributed by atoms with Crippen LogP contribution in [0.4, 0.5) is 11.4 Å². The quantitative estimate of drug-likeness (QED) is 0.549. The number of rotatable bonds is 7. The first kappa shape index (κ1) is 22.4. The molecule has 172 valence electrons. The summed E-state index contributed by atoms with van der Waals surface area (Å²) < 4.78 is 37.5. The maximum Gasteiger partial charge on any atom is 0.267 e. The number of benzene rings is 2. The number of carbonyl (C=O) groups is 2. The number of hydrogen-bond acceptors (Lipinski definition) is 6. The van der Waals surface area contributed by atoms with Crippen molar-refractivity contribution in [1.29, 1.82) is 0 Å². The summed E-state index contributed by atoms with van der Waals surface area (Å²) in [4.78, 5) is 25.7. The van der Waals surface area contributed by atoms with Crippen molar-refractivity contribution in [2.45, 2.75) is 19.6 Å². The van der Waals surface area contributed by atoms with E-state index in [1.165, 1.54) is 10.6 Å². The first-order valence-electron chi connectivity index (χ1n) is 10.4. The molecule has 3 aromatic rings. The Kier molecular flexibility index (Phi) is 6.36. The fraction of sp³-hybridized carbons (Fsp3) is 0.217. The fourth-order valence-electron chi connectivity index (χ4n) is 3.44. The van der Waals surface area contributed by atoms with Crippen LogP contribution in [0.25, 0.3) is 0 Å². The second-order valence-corrected chi connectivity index (χ2v) is 9.48. The van der Waals surface area contributed by atoms with Crippen molar-refractivity contribution in [3.8, 4) is 5.75 Å². The second kappa shape index (κ2) is 9.37. The third kappa shape index (κ3) is 4.85. The molecule has 4 rings (SSSR count). The molecule has 2 N–H and O–H groups in total. The van der Waals surface area contributed by atoms with Crippen LogP contribution in [-0.2, 0) is 21.4 Å². The summed E-state index contributed by atoms with van der Waals surface area (Å²) in [6, 6.07) is 16.7. The molecular formula is C23H23N3O6S. The van der Waals surface area contributed by atoms with E-state index in [9.17, 15) is 18.0 Å². The summed E-state index contributed by atoms with van der Waals surface area (Å²) >= 11 is 0. The van der Waals surface area contributed by atoms with Crippen LogP contribution >= 0.6 is 0 Å². The van der Waals surface area contributed by atoms with E-state index >= 15 is 0 Å². The summed E-state index contributed by atoms with van der Waals surface area (Å²) in [7, 11) is -3.62. The van der Waals surface area contributed by atoms with Crippen LogP contribution in [0.1, 0.15) is 23.0 Å². The minimum atomic E-state index is -3.62.